The van der Waals surface area contributed by atoms with Gasteiger partial charge in [-0.1, -0.05) is 0 Å². The van der Waals surface area contributed by atoms with E-state index in [2.05, 4.69) is 44.1 Å². The number of rotatable bonds is 3. The van der Waals surface area contributed by atoms with E-state index in [0.717, 1.165) is 29.9 Å². The zero-order valence-electron chi connectivity index (χ0n) is 9.62. The number of pyridine rings is 1. The van der Waals surface area contributed by atoms with Crippen molar-refractivity contribution in [3.8, 4) is 0 Å². The minimum Gasteiger partial charge on any atom is -0.352 e. The largest absolute Gasteiger partial charge is 0.352 e. The van der Waals surface area contributed by atoms with Crippen molar-refractivity contribution in [3.05, 3.63) is 22.8 Å². The molecule has 0 amide bonds. The number of halogens is 1. The summed E-state index contributed by atoms with van der Waals surface area (Å²) in [6.07, 6.45) is 4.37. The second-order valence-corrected chi connectivity index (χ2v) is 4.95. The van der Waals surface area contributed by atoms with Gasteiger partial charge in [0.15, 0.2) is 0 Å². The maximum Gasteiger partial charge on any atom is 0.143 e. The van der Waals surface area contributed by atoms with Crippen molar-refractivity contribution in [1.82, 2.24) is 10.3 Å². The molecular weight excluding hydrogens is 266 g/mol. The van der Waals surface area contributed by atoms with Crippen LogP contribution in [0.1, 0.15) is 19.8 Å². The Labute approximate surface area is 105 Å². The summed E-state index contributed by atoms with van der Waals surface area (Å²) in [6, 6.07) is 4.59. The number of aromatic nitrogens is 1. The average molecular weight is 284 g/mol. The van der Waals surface area contributed by atoms with Crippen LogP contribution in [0.4, 0.5) is 5.82 Å². The Hall–Kier alpha value is -0.610. The van der Waals surface area contributed by atoms with E-state index in [4.69, 9.17) is 0 Å². The fourth-order valence-electron chi connectivity index (χ4n) is 2.27. The summed E-state index contributed by atoms with van der Waals surface area (Å²) in [5, 5.41) is 3.45. The molecular formula is C12H18BrN3. The molecule has 1 saturated heterocycles. The number of piperidine rings is 1. The van der Waals surface area contributed by atoms with Gasteiger partial charge in [0.25, 0.3) is 0 Å². The first-order valence-electron chi connectivity index (χ1n) is 5.90. The smallest absolute Gasteiger partial charge is 0.143 e. The molecule has 16 heavy (non-hydrogen) atoms. The molecule has 0 radical (unpaired) electrons. The van der Waals surface area contributed by atoms with E-state index in [0.29, 0.717) is 6.04 Å². The highest BCUT2D eigenvalue weighted by molar-refractivity contribution is 9.10. The lowest BCUT2D eigenvalue weighted by atomic mass is 10.1. The Balaban J connectivity index is 2.18. The molecule has 2 rings (SSSR count). The second-order valence-electron chi connectivity index (χ2n) is 4.10. The van der Waals surface area contributed by atoms with Crippen molar-refractivity contribution in [1.29, 1.82) is 0 Å². The van der Waals surface area contributed by atoms with Gasteiger partial charge < -0.3 is 10.2 Å². The minimum absolute atomic E-state index is 0.574. The lowest BCUT2D eigenvalue weighted by Crippen LogP contribution is -2.46. The molecule has 4 heteroatoms. The van der Waals surface area contributed by atoms with Gasteiger partial charge in [-0.05, 0) is 54.4 Å². The Bertz CT molecular complexity index is 337. The Morgan fingerprint density at radius 1 is 1.62 bits per heavy atom. The lowest BCUT2D eigenvalue weighted by molar-refractivity contribution is 0.433. The quantitative estimate of drug-likeness (QED) is 0.924. The van der Waals surface area contributed by atoms with E-state index in [1.165, 1.54) is 12.8 Å². The first-order chi connectivity index (χ1) is 7.83. The molecule has 88 valence electrons. The third-order valence-electron chi connectivity index (χ3n) is 3.06. The van der Waals surface area contributed by atoms with Gasteiger partial charge in [-0.15, -0.1) is 0 Å². The predicted octanol–water partition coefficient (Wildman–Crippen LogP) is 2.42. The number of hydrogen-bond acceptors (Lipinski definition) is 3. The molecule has 1 atom stereocenters. The predicted molar refractivity (Wildman–Crippen MR) is 70.8 cm³/mol. The summed E-state index contributed by atoms with van der Waals surface area (Å²) in [5.74, 6) is 1.07. The molecule has 0 aliphatic carbocycles. The monoisotopic (exact) mass is 283 g/mol. The highest BCUT2D eigenvalue weighted by atomic mass is 79.9. The zero-order valence-corrected chi connectivity index (χ0v) is 11.2. The molecule has 0 saturated carbocycles. The van der Waals surface area contributed by atoms with E-state index >= 15 is 0 Å². The van der Waals surface area contributed by atoms with Crippen molar-refractivity contribution >= 4 is 21.7 Å². The van der Waals surface area contributed by atoms with Gasteiger partial charge >= 0.3 is 0 Å². The molecule has 1 aliphatic heterocycles. The lowest BCUT2D eigenvalue weighted by Gasteiger charge is -2.35. The van der Waals surface area contributed by atoms with Crippen LogP contribution in [0.2, 0.25) is 0 Å². The molecule has 1 aromatic heterocycles. The van der Waals surface area contributed by atoms with Crippen LogP contribution in [0, 0.1) is 0 Å². The molecule has 3 nitrogen and oxygen atoms in total. The molecule has 1 fully saturated rings. The van der Waals surface area contributed by atoms with Crippen LogP contribution in [-0.4, -0.2) is 30.7 Å². The topological polar surface area (TPSA) is 28.2 Å². The second kappa shape index (κ2) is 5.64. The molecule has 0 aromatic carbocycles. The minimum atomic E-state index is 0.574. The van der Waals surface area contributed by atoms with Gasteiger partial charge in [-0.3, -0.25) is 0 Å². The molecule has 1 aromatic rings. The molecule has 1 N–H and O–H groups in total. The van der Waals surface area contributed by atoms with Crippen molar-refractivity contribution in [2.24, 2.45) is 0 Å². The third-order valence-corrected chi connectivity index (χ3v) is 3.68. The summed E-state index contributed by atoms with van der Waals surface area (Å²) >= 11 is 3.58. The Kier molecular flexibility index (Phi) is 4.18. The van der Waals surface area contributed by atoms with Gasteiger partial charge in [-0.2, -0.15) is 0 Å². The summed E-state index contributed by atoms with van der Waals surface area (Å²) in [4.78, 5) is 6.86. The number of nitrogens with zero attached hydrogens (tertiary/aromatic N) is 2. The van der Waals surface area contributed by atoms with E-state index in [1.807, 2.05) is 12.3 Å². The SMILES string of the molecule is CCN(c1ncccc1Br)C1CCCNC1. The number of nitrogens with one attached hydrogen (secondary N) is 1. The summed E-state index contributed by atoms with van der Waals surface area (Å²) < 4.78 is 1.09. The molecule has 0 spiro atoms. The van der Waals surface area contributed by atoms with Crippen LogP contribution in [-0.2, 0) is 0 Å². The van der Waals surface area contributed by atoms with Crippen molar-refractivity contribution in [2.75, 3.05) is 24.5 Å². The van der Waals surface area contributed by atoms with Gasteiger partial charge in [0.1, 0.15) is 5.82 Å². The third kappa shape index (κ3) is 2.55. The van der Waals surface area contributed by atoms with Gasteiger partial charge in [0, 0.05) is 25.3 Å². The van der Waals surface area contributed by atoms with Crippen LogP contribution >= 0.6 is 15.9 Å². The number of hydrogen-bond donors (Lipinski definition) is 1. The highest BCUT2D eigenvalue weighted by Crippen LogP contribution is 2.26. The number of likely N-dealkylation sites (N-methyl/N-ethyl adjacent to an activating group) is 1. The van der Waals surface area contributed by atoms with Crippen LogP contribution in [0.5, 0.6) is 0 Å². The van der Waals surface area contributed by atoms with Crippen molar-refractivity contribution in [2.45, 2.75) is 25.8 Å². The van der Waals surface area contributed by atoms with E-state index < -0.39 is 0 Å². The van der Waals surface area contributed by atoms with Gasteiger partial charge in [0.05, 0.1) is 4.47 Å². The Morgan fingerprint density at radius 3 is 3.12 bits per heavy atom. The van der Waals surface area contributed by atoms with Crippen molar-refractivity contribution in [3.63, 3.8) is 0 Å². The zero-order chi connectivity index (χ0) is 11.4. The maximum absolute atomic E-state index is 4.48. The fraction of sp³-hybridized carbons (Fsp3) is 0.583. The van der Waals surface area contributed by atoms with Gasteiger partial charge in [-0.25, -0.2) is 4.98 Å². The first kappa shape index (κ1) is 11.9. The molecule has 1 aliphatic rings. The number of anilines is 1. The summed E-state index contributed by atoms with van der Waals surface area (Å²) in [5.41, 5.74) is 0. The fourth-order valence-corrected chi connectivity index (χ4v) is 2.75. The molecule has 1 unspecified atom stereocenters. The van der Waals surface area contributed by atoms with Crippen LogP contribution in [0.15, 0.2) is 22.8 Å². The van der Waals surface area contributed by atoms with Crippen LogP contribution in [0.25, 0.3) is 0 Å². The first-order valence-corrected chi connectivity index (χ1v) is 6.70. The van der Waals surface area contributed by atoms with Gasteiger partial charge in [0.2, 0.25) is 0 Å². The molecule has 0 bridgehead atoms. The highest BCUT2D eigenvalue weighted by Gasteiger charge is 2.21. The van der Waals surface area contributed by atoms with E-state index in [1.54, 1.807) is 0 Å². The summed E-state index contributed by atoms with van der Waals surface area (Å²) in [6.45, 7) is 5.41. The Morgan fingerprint density at radius 2 is 2.50 bits per heavy atom. The molecule has 2 heterocycles. The standard InChI is InChI=1S/C12H18BrN3/c1-2-16(10-5-3-7-14-9-10)12-11(13)6-4-8-15-12/h4,6,8,10,14H,2-3,5,7,9H2,1H3. The maximum atomic E-state index is 4.48. The van der Waals surface area contributed by atoms with Crippen molar-refractivity contribution < 1.29 is 0 Å². The van der Waals surface area contributed by atoms with Crippen LogP contribution < -0.4 is 10.2 Å². The van der Waals surface area contributed by atoms with E-state index in [9.17, 15) is 0 Å². The average Bonchev–Trinajstić information content (AvgIpc) is 2.34. The van der Waals surface area contributed by atoms with E-state index in [-0.39, 0.29) is 0 Å². The van der Waals surface area contributed by atoms with Crippen LogP contribution in [0.3, 0.4) is 0 Å². The normalized spacial score (nSPS) is 20.8. The summed E-state index contributed by atoms with van der Waals surface area (Å²) in [7, 11) is 0.